The molecule has 1 aliphatic heterocycles. The third kappa shape index (κ3) is 3.12. The fraction of sp³-hybridized carbons (Fsp3) is 0.818. The van der Waals surface area contributed by atoms with Crippen molar-refractivity contribution in [2.75, 3.05) is 20.2 Å². The van der Waals surface area contributed by atoms with Crippen LogP contribution in [-0.4, -0.2) is 43.1 Å². The lowest BCUT2D eigenvalue weighted by Crippen LogP contribution is -2.44. The molecule has 0 radical (unpaired) electrons. The normalized spacial score (nSPS) is 20.0. The number of alkyl carbamates (subject to hydrolysis) is 1. The van der Waals surface area contributed by atoms with Crippen molar-refractivity contribution in [3.05, 3.63) is 0 Å². The van der Waals surface area contributed by atoms with Gasteiger partial charge in [-0.3, -0.25) is 4.79 Å². The van der Waals surface area contributed by atoms with Gasteiger partial charge in [0.15, 0.2) is 0 Å². The lowest BCUT2D eigenvalue weighted by atomic mass is 10.0. The van der Waals surface area contributed by atoms with Crippen molar-refractivity contribution in [1.82, 2.24) is 10.2 Å². The molecule has 1 unspecified atom stereocenters. The third-order valence-corrected chi connectivity index (χ3v) is 2.96. The van der Waals surface area contributed by atoms with E-state index in [1.807, 2.05) is 4.90 Å². The first kappa shape index (κ1) is 12.8. The summed E-state index contributed by atoms with van der Waals surface area (Å²) >= 11 is 0. The van der Waals surface area contributed by atoms with E-state index in [0.29, 0.717) is 12.0 Å². The zero-order valence-electron chi connectivity index (χ0n) is 10.2. The first-order chi connectivity index (χ1) is 7.56. The number of hydrogen-bond acceptors (Lipinski definition) is 3. The number of rotatable bonds is 3. The van der Waals surface area contributed by atoms with Gasteiger partial charge in [0.2, 0.25) is 5.91 Å². The number of carbonyl (C=O) groups excluding carboxylic acids is 2. The summed E-state index contributed by atoms with van der Waals surface area (Å²) < 4.78 is 4.42. The number of methoxy groups -OCH3 is 1. The maximum Gasteiger partial charge on any atom is 0.407 e. The highest BCUT2D eigenvalue weighted by atomic mass is 16.5. The number of amides is 2. The van der Waals surface area contributed by atoms with Crippen LogP contribution in [0.3, 0.4) is 0 Å². The van der Waals surface area contributed by atoms with Gasteiger partial charge in [-0.1, -0.05) is 13.8 Å². The second-order valence-electron chi connectivity index (χ2n) is 4.39. The molecule has 1 N–H and O–H groups in total. The number of likely N-dealkylation sites (tertiary alicyclic amines) is 1. The van der Waals surface area contributed by atoms with E-state index in [2.05, 4.69) is 23.9 Å². The van der Waals surface area contributed by atoms with Gasteiger partial charge in [0, 0.05) is 12.6 Å². The Morgan fingerprint density at radius 1 is 1.50 bits per heavy atom. The Kier molecular flexibility index (Phi) is 4.58. The minimum Gasteiger partial charge on any atom is -0.453 e. The fourth-order valence-corrected chi connectivity index (χ4v) is 2.12. The fourth-order valence-electron chi connectivity index (χ4n) is 2.12. The predicted octanol–water partition coefficient (Wildman–Crippen LogP) is 0.989. The average Bonchev–Trinajstić information content (AvgIpc) is 2.74. The van der Waals surface area contributed by atoms with Gasteiger partial charge in [-0.05, 0) is 18.8 Å². The van der Waals surface area contributed by atoms with Gasteiger partial charge < -0.3 is 15.0 Å². The molecule has 5 heteroatoms. The van der Waals surface area contributed by atoms with Crippen molar-refractivity contribution in [2.24, 2.45) is 5.92 Å². The predicted molar refractivity (Wildman–Crippen MR) is 60.0 cm³/mol. The van der Waals surface area contributed by atoms with Gasteiger partial charge >= 0.3 is 6.09 Å². The minimum absolute atomic E-state index is 0.0237. The molecule has 92 valence electrons. The van der Waals surface area contributed by atoms with Gasteiger partial charge in [-0.15, -0.1) is 0 Å². The Hall–Kier alpha value is -1.26. The molecule has 5 nitrogen and oxygen atoms in total. The molecule has 16 heavy (non-hydrogen) atoms. The average molecular weight is 228 g/mol. The van der Waals surface area contributed by atoms with Crippen LogP contribution >= 0.6 is 0 Å². The van der Waals surface area contributed by atoms with Crippen LogP contribution < -0.4 is 5.32 Å². The smallest absolute Gasteiger partial charge is 0.407 e. The molecule has 2 amide bonds. The lowest BCUT2D eigenvalue weighted by Gasteiger charge is -2.27. The number of ether oxygens (including phenoxy) is 1. The van der Waals surface area contributed by atoms with Crippen LogP contribution in [-0.2, 0) is 9.53 Å². The molecular formula is C11H20N2O3. The van der Waals surface area contributed by atoms with Crippen LogP contribution in [0.1, 0.15) is 26.7 Å². The van der Waals surface area contributed by atoms with Crippen LogP contribution in [0.25, 0.3) is 0 Å². The molecular weight excluding hydrogens is 208 g/mol. The molecule has 0 bridgehead atoms. The zero-order valence-corrected chi connectivity index (χ0v) is 10.2. The van der Waals surface area contributed by atoms with Crippen molar-refractivity contribution in [2.45, 2.75) is 32.7 Å². The second kappa shape index (κ2) is 5.72. The standard InChI is InChI=1S/C11H20N2O3/c1-8(2)9-5-4-6-13(9)10(14)7-12-11(15)16-3/h8-9H,4-7H2,1-3H3,(H,12,15). The molecule has 0 aromatic rings. The van der Waals surface area contributed by atoms with Crippen LogP contribution in [0.4, 0.5) is 4.79 Å². The highest BCUT2D eigenvalue weighted by Gasteiger charge is 2.30. The van der Waals surface area contributed by atoms with Gasteiger partial charge in [0.25, 0.3) is 0 Å². The molecule has 1 atom stereocenters. The van der Waals surface area contributed by atoms with Crippen molar-refractivity contribution in [3.63, 3.8) is 0 Å². The van der Waals surface area contributed by atoms with Crippen LogP contribution in [0.5, 0.6) is 0 Å². The van der Waals surface area contributed by atoms with E-state index in [9.17, 15) is 9.59 Å². The monoisotopic (exact) mass is 228 g/mol. The first-order valence-corrected chi connectivity index (χ1v) is 5.67. The summed E-state index contributed by atoms with van der Waals surface area (Å²) in [5.41, 5.74) is 0. The number of nitrogens with zero attached hydrogens (tertiary/aromatic N) is 1. The Morgan fingerprint density at radius 2 is 2.19 bits per heavy atom. The second-order valence-corrected chi connectivity index (χ2v) is 4.39. The topological polar surface area (TPSA) is 58.6 Å². The van der Waals surface area contributed by atoms with E-state index in [4.69, 9.17) is 0 Å². The SMILES string of the molecule is COC(=O)NCC(=O)N1CCCC1C(C)C. The summed E-state index contributed by atoms with van der Waals surface area (Å²) in [5.74, 6) is 0.436. The van der Waals surface area contributed by atoms with Crippen LogP contribution in [0.2, 0.25) is 0 Å². The Bertz CT molecular complexity index is 266. The Labute approximate surface area is 96.1 Å². The van der Waals surface area contributed by atoms with E-state index in [1.165, 1.54) is 7.11 Å². The van der Waals surface area contributed by atoms with Crippen molar-refractivity contribution < 1.29 is 14.3 Å². The zero-order chi connectivity index (χ0) is 12.1. The number of carbonyl (C=O) groups is 2. The highest BCUT2D eigenvalue weighted by molar-refractivity contribution is 5.82. The number of nitrogens with one attached hydrogen (secondary N) is 1. The number of hydrogen-bond donors (Lipinski definition) is 1. The van der Waals surface area contributed by atoms with E-state index >= 15 is 0 Å². The van der Waals surface area contributed by atoms with Crippen molar-refractivity contribution in [3.8, 4) is 0 Å². The molecule has 1 heterocycles. The summed E-state index contributed by atoms with van der Waals surface area (Å²) in [7, 11) is 1.28. The molecule has 1 saturated heterocycles. The maximum absolute atomic E-state index is 11.8. The molecule has 0 aliphatic carbocycles. The molecule has 0 aromatic carbocycles. The Balaban J connectivity index is 2.44. The summed E-state index contributed by atoms with van der Waals surface area (Å²) in [4.78, 5) is 24.5. The van der Waals surface area contributed by atoms with Gasteiger partial charge in [-0.2, -0.15) is 0 Å². The van der Waals surface area contributed by atoms with E-state index < -0.39 is 6.09 Å². The summed E-state index contributed by atoms with van der Waals surface area (Å²) in [5, 5.41) is 2.42. The van der Waals surface area contributed by atoms with Crippen molar-refractivity contribution >= 4 is 12.0 Å². The van der Waals surface area contributed by atoms with Crippen LogP contribution in [0.15, 0.2) is 0 Å². The summed E-state index contributed by atoms with van der Waals surface area (Å²) in [6, 6.07) is 0.312. The molecule has 1 rings (SSSR count). The third-order valence-electron chi connectivity index (χ3n) is 2.96. The highest BCUT2D eigenvalue weighted by Crippen LogP contribution is 2.23. The van der Waals surface area contributed by atoms with Gasteiger partial charge in [-0.25, -0.2) is 4.79 Å². The molecule has 0 aromatic heterocycles. The summed E-state index contributed by atoms with van der Waals surface area (Å²) in [6.45, 7) is 5.05. The minimum atomic E-state index is -0.561. The largest absolute Gasteiger partial charge is 0.453 e. The van der Waals surface area contributed by atoms with E-state index in [1.54, 1.807) is 0 Å². The van der Waals surface area contributed by atoms with E-state index in [-0.39, 0.29) is 12.5 Å². The molecule has 0 spiro atoms. The van der Waals surface area contributed by atoms with Gasteiger partial charge in [0.05, 0.1) is 7.11 Å². The summed E-state index contributed by atoms with van der Waals surface area (Å²) in [6.07, 6.45) is 1.54. The molecule has 1 aliphatic rings. The van der Waals surface area contributed by atoms with Crippen molar-refractivity contribution in [1.29, 1.82) is 0 Å². The van der Waals surface area contributed by atoms with Crippen LogP contribution in [0, 0.1) is 5.92 Å². The molecule has 1 fully saturated rings. The van der Waals surface area contributed by atoms with Gasteiger partial charge in [0.1, 0.15) is 6.54 Å². The maximum atomic E-state index is 11.8. The quantitative estimate of drug-likeness (QED) is 0.783. The molecule has 0 saturated carbocycles. The Morgan fingerprint density at radius 3 is 2.75 bits per heavy atom. The van der Waals surface area contributed by atoms with E-state index in [0.717, 1.165) is 19.4 Å². The first-order valence-electron chi connectivity index (χ1n) is 5.67. The lowest BCUT2D eigenvalue weighted by molar-refractivity contribution is -0.131.